The summed E-state index contributed by atoms with van der Waals surface area (Å²) < 4.78 is 90.6. The van der Waals surface area contributed by atoms with Gasteiger partial charge < -0.3 is 76.5 Å². The van der Waals surface area contributed by atoms with Crippen molar-refractivity contribution >= 4 is 98.1 Å². The lowest BCUT2D eigenvalue weighted by Gasteiger charge is -2.28. The summed E-state index contributed by atoms with van der Waals surface area (Å²) in [6, 6.07) is 65.8. The van der Waals surface area contributed by atoms with E-state index >= 15 is 0 Å². The number of carbonyl (C=O) groups excluding carboxylic acids is 2. The summed E-state index contributed by atoms with van der Waals surface area (Å²) in [7, 11) is 18.7. The third kappa shape index (κ3) is 11.2. The highest BCUT2D eigenvalue weighted by molar-refractivity contribution is 6.27. The van der Waals surface area contributed by atoms with Crippen molar-refractivity contribution in [3.63, 3.8) is 0 Å². The van der Waals surface area contributed by atoms with Crippen molar-refractivity contribution in [3.05, 3.63) is 206 Å². The van der Waals surface area contributed by atoms with Gasteiger partial charge in [-0.3, -0.25) is 9.59 Å². The number of methoxy groups -OCH3 is 12. The van der Waals surface area contributed by atoms with Crippen molar-refractivity contribution in [3.8, 4) is 170 Å². The van der Waals surface area contributed by atoms with Gasteiger partial charge in [0.2, 0.25) is 0 Å². The third-order valence-corrected chi connectivity index (χ3v) is 21.4. The fraction of sp³-hybridized carbons (Fsp3) is 0.146. The van der Waals surface area contributed by atoms with Crippen LogP contribution in [0.15, 0.2) is 206 Å². The largest absolute Gasteiger partial charge is 0.504 e. The van der Waals surface area contributed by atoms with Gasteiger partial charge in [0.1, 0.15) is 0 Å². The molecule has 18 nitrogen and oxygen atoms in total. The first-order valence-electron chi connectivity index (χ1n) is 36.5. The van der Waals surface area contributed by atoms with Crippen LogP contribution < -0.4 is 66.3 Å². The van der Waals surface area contributed by atoms with Crippen LogP contribution in [0.5, 0.6) is 92.0 Å². The van der Waals surface area contributed by atoms with E-state index in [0.717, 1.165) is 43.1 Å². The Morgan fingerprint density at radius 3 is 0.526 bits per heavy atom. The number of hydrogen-bond acceptors (Lipinski definition) is 18. The van der Waals surface area contributed by atoms with Gasteiger partial charge in [0.15, 0.2) is 92.0 Å². The molecule has 0 unspecified atom stereocenters. The Morgan fingerprint density at radius 2 is 0.351 bits per heavy atom. The topological polar surface area (TPSA) is 204 Å². The van der Waals surface area contributed by atoms with Crippen LogP contribution in [0, 0.1) is 0 Å². The molecule has 16 rings (SSSR count). The Balaban J connectivity index is 0.938. The van der Waals surface area contributed by atoms with Crippen LogP contribution in [0.4, 0.5) is 0 Å². The van der Waals surface area contributed by atoms with Crippen LogP contribution in [0.1, 0.15) is 13.8 Å². The summed E-state index contributed by atoms with van der Waals surface area (Å²) in [5, 5.41) is 38.5. The number of carbonyl (C=O) groups is 2. The van der Waals surface area contributed by atoms with Crippen molar-refractivity contribution in [1.82, 2.24) is 0 Å². The second-order valence-electron chi connectivity index (χ2n) is 27.0. The molecule has 0 amide bonds. The molecule has 570 valence electrons. The lowest BCUT2D eigenvalue weighted by atomic mass is 9.81. The summed E-state index contributed by atoms with van der Waals surface area (Å²) >= 11 is 0. The fourth-order valence-electron chi connectivity index (χ4n) is 17.3. The molecule has 0 spiro atoms. The van der Waals surface area contributed by atoms with Crippen LogP contribution in [-0.2, 0) is 9.59 Å². The summed E-state index contributed by atoms with van der Waals surface area (Å²) in [4.78, 5) is 25.6. The van der Waals surface area contributed by atoms with E-state index in [1.54, 1.807) is 69.0 Å². The van der Waals surface area contributed by atoms with Gasteiger partial charge in [-0.25, -0.2) is 0 Å². The highest BCUT2D eigenvalue weighted by Gasteiger charge is 2.39. The summed E-state index contributed by atoms with van der Waals surface area (Å²) in [6.07, 6.45) is 0. The Morgan fingerprint density at radius 1 is 0.202 bits per heavy atom. The first-order valence-corrected chi connectivity index (χ1v) is 36.5. The molecule has 0 aliphatic rings. The molecule has 0 radical (unpaired) electrons. The number of benzene rings is 16. The second-order valence-corrected chi connectivity index (χ2v) is 27.0. The van der Waals surface area contributed by atoms with Gasteiger partial charge >= 0.3 is 11.9 Å². The number of aromatic hydroxyl groups is 2. The minimum atomic E-state index is -0.523. The molecule has 16 aromatic carbocycles. The number of fused-ring (bicyclic) bond motifs is 8. The van der Waals surface area contributed by atoms with Crippen LogP contribution in [0.25, 0.3) is 164 Å². The summed E-state index contributed by atoms with van der Waals surface area (Å²) in [6.45, 7) is 2.69. The zero-order valence-corrected chi connectivity index (χ0v) is 65.1. The van der Waals surface area contributed by atoms with E-state index in [9.17, 15) is 19.8 Å². The highest BCUT2D eigenvalue weighted by Crippen LogP contribution is 2.66. The van der Waals surface area contributed by atoms with Crippen molar-refractivity contribution in [2.45, 2.75) is 13.8 Å². The molecule has 0 aliphatic heterocycles. The van der Waals surface area contributed by atoms with E-state index in [4.69, 9.17) is 66.3 Å². The van der Waals surface area contributed by atoms with Gasteiger partial charge in [-0.2, -0.15) is 0 Å². The second kappa shape index (κ2) is 29.9. The van der Waals surface area contributed by atoms with Gasteiger partial charge in [-0.1, -0.05) is 194 Å². The Labute approximate surface area is 656 Å². The smallest absolute Gasteiger partial charge is 0.308 e. The molecule has 0 bridgehead atoms. The normalized spacial score (nSPS) is 11.4. The average Bonchev–Trinajstić information content (AvgIpc) is 0.705. The van der Waals surface area contributed by atoms with Gasteiger partial charge in [0, 0.05) is 91.7 Å². The van der Waals surface area contributed by atoms with Crippen LogP contribution >= 0.6 is 0 Å². The van der Waals surface area contributed by atoms with E-state index in [1.165, 1.54) is 42.3 Å². The SMILES string of the molecule is COc1c(OC(C)=O)cc2ccccc2c1-c1c(OC)c(OC)c(-c2c(OC)c(OC)c(-c3c(OC)c(O)c(-c4c(O)c(OC)c(-c5c(OC)c(OC)c(-c6c(OC)c(OC)c(-c7c(OC)c(OC(C)=O)cc8ccccc78)c7ccccc67)c6ccccc56)c5ccccc45)c4ccccc34)c3ccccc23)c2ccccc12. The number of phenols is 2. The first-order chi connectivity index (χ1) is 55.6. The number of esters is 2. The zero-order valence-electron chi connectivity index (χ0n) is 65.1. The standard InChI is InChI=1S/C96H78O18/c1-49(97)113-67-47-51-31-15-17-33-53(51)71(85(67)101-3)75-59-39-23-27-43-63(59)79(93(109-11)89(75)105-7)81-65-45-29-25-41-61(65)77(91(107-9)95(81)111-13)73-57-37-21-19-35-55(57)69(83(99)87(73)103-5)70-56-36-20-22-38-58(56)74(88(104-6)84(70)100)78-62-42-26-30-46-66(62)82(96(112-14)92(78)108-10)80-64-44-28-24-40-60(64)76(90(106-8)94(80)110-12)72-54-34-18-16-32-52(54)48-68(86(72)102-4)114-50(2)98/h15-48,99-100H,1-14H3. The fourth-order valence-corrected chi connectivity index (χ4v) is 17.3. The van der Waals surface area contributed by atoms with Gasteiger partial charge in [0.25, 0.3) is 0 Å². The molecule has 0 heterocycles. The minimum absolute atomic E-state index is 0.0447. The first kappa shape index (κ1) is 73.9. The minimum Gasteiger partial charge on any atom is -0.504 e. The molecule has 16 aromatic rings. The lowest BCUT2D eigenvalue weighted by molar-refractivity contribution is -0.132. The predicted molar refractivity (Wildman–Crippen MR) is 449 cm³/mol. The molecule has 114 heavy (non-hydrogen) atoms. The van der Waals surface area contributed by atoms with Gasteiger partial charge in [-0.15, -0.1) is 0 Å². The Bertz CT molecular complexity index is 6300. The number of phenolic OH excluding ortho intramolecular Hbond substituents is 2. The van der Waals surface area contributed by atoms with E-state index in [2.05, 4.69) is 0 Å². The molecule has 0 saturated carbocycles. The number of ether oxygens (including phenoxy) is 14. The average molecular weight is 1520 g/mol. The monoisotopic (exact) mass is 1520 g/mol. The number of rotatable bonds is 21. The molecule has 2 N–H and O–H groups in total. The van der Waals surface area contributed by atoms with Crippen molar-refractivity contribution in [1.29, 1.82) is 0 Å². The molecule has 0 aliphatic carbocycles. The molecule has 0 aromatic heterocycles. The molecular weight excluding hydrogens is 1440 g/mol. The Hall–Kier alpha value is -14.3. The van der Waals surface area contributed by atoms with Gasteiger partial charge in [-0.05, 0) is 98.3 Å². The predicted octanol–water partition coefficient (Wildman–Crippen LogP) is 21.9. The van der Waals surface area contributed by atoms with Crippen molar-refractivity contribution in [2.24, 2.45) is 0 Å². The zero-order chi connectivity index (χ0) is 79.7. The quantitative estimate of drug-likeness (QED) is 0.0507. The summed E-state index contributed by atoms with van der Waals surface area (Å²) in [5.74, 6) is 2.00. The van der Waals surface area contributed by atoms with E-state index in [-0.39, 0.29) is 57.1 Å². The Kier molecular flexibility index (Phi) is 19.3. The maximum Gasteiger partial charge on any atom is 0.308 e. The van der Waals surface area contributed by atoms with E-state index in [1.807, 2.05) is 194 Å². The van der Waals surface area contributed by atoms with Crippen molar-refractivity contribution < 1.29 is 86.1 Å². The molecule has 0 fully saturated rings. The number of hydrogen-bond donors (Lipinski definition) is 2. The highest BCUT2D eigenvalue weighted by atomic mass is 16.6. The molecule has 0 atom stereocenters. The third-order valence-electron chi connectivity index (χ3n) is 21.4. The van der Waals surface area contributed by atoms with Crippen LogP contribution in [-0.4, -0.2) is 107 Å². The van der Waals surface area contributed by atoms with Crippen LogP contribution in [0.3, 0.4) is 0 Å². The van der Waals surface area contributed by atoms with Crippen LogP contribution in [0.2, 0.25) is 0 Å². The molecular formula is C96H78O18. The maximum absolute atomic E-state index is 13.7. The molecule has 0 saturated heterocycles. The van der Waals surface area contributed by atoms with Crippen molar-refractivity contribution in [2.75, 3.05) is 85.3 Å². The van der Waals surface area contributed by atoms with E-state index < -0.39 is 11.9 Å². The lowest BCUT2D eigenvalue weighted by Crippen LogP contribution is -2.06. The maximum atomic E-state index is 13.7. The molecule has 18 heteroatoms. The van der Waals surface area contributed by atoms with E-state index in [0.29, 0.717) is 156 Å². The van der Waals surface area contributed by atoms with Gasteiger partial charge in [0.05, 0.1) is 85.3 Å². The summed E-state index contributed by atoms with van der Waals surface area (Å²) in [5.41, 5.74) is 7.14.